The van der Waals surface area contributed by atoms with Gasteiger partial charge in [-0.15, -0.1) is 0 Å². The highest BCUT2D eigenvalue weighted by molar-refractivity contribution is 8.08. The summed E-state index contributed by atoms with van der Waals surface area (Å²) in [7, 11) is -6.54. The van der Waals surface area contributed by atoms with Crippen molar-refractivity contribution in [2.45, 2.75) is 0 Å². The fourth-order valence-corrected chi connectivity index (χ4v) is 4.27. The highest BCUT2D eigenvalue weighted by Crippen LogP contribution is 2.34. The number of methoxy groups -OCH3 is 1. The number of ether oxygens (including phenoxy) is 1. The van der Waals surface area contributed by atoms with E-state index in [1.165, 1.54) is 25.3 Å². The topological polar surface area (TPSA) is 110 Å². The molecule has 0 saturated heterocycles. The molecule has 0 spiro atoms. The van der Waals surface area contributed by atoms with Crippen LogP contribution in [0.25, 0.3) is 0 Å². The smallest absolute Gasteiger partial charge is 0.247 e. The molecule has 0 aliphatic heterocycles. The zero-order valence-corrected chi connectivity index (χ0v) is 11.4. The summed E-state index contributed by atoms with van der Waals surface area (Å²) in [6.45, 7) is 0. The Bertz CT molecular complexity index is 635. The average Bonchev–Trinajstić information content (AvgIpc) is 2.17. The highest BCUT2D eigenvalue weighted by Gasteiger charge is 2.21. The van der Waals surface area contributed by atoms with Crippen molar-refractivity contribution in [2.24, 2.45) is 0 Å². The number of sulfonamides is 1. The van der Waals surface area contributed by atoms with Gasteiger partial charge in [-0.1, -0.05) is 6.07 Å². The molecule has 0 heterocycles. The monoisotopic (exact) mass is 295 g/mol. The van der Waals surface area contributed by atoms with E-state index in [2.05, 4.69) is 0 Å². The van der Waals surface area contributed by atoms with Crippen LogP contribution >= 0.6 is 0 Å². The number of hydrogen-bond acceptors (Lipinski definition) is 6. The predicted octanol–water partition coefficient (Wildman–Crippen LogP) is 0.145. The molecule has 0 aliphatic carbocycles. The molecule has 0 radical (unpaired) electrons. The normalized spacial score (nSPS) is 12.1. The lowest BCUT2D eigenvalue weighted by Gasteiger charge is -2.12. The molecule has 1 aromatic carbocycles. The highest BCUT2D eigenvalue weighted by atomic mass is 32.3. The number of rotatable bonds is 5. The van der Waals surface area contributed by atoms with Gasteiger partial charge in [-0.3, -0.25) is 4.72 Å². The van der Waals surface area contributed by atoms with E-state index in [4.69, 9.17) is 4.74 Å². The number of nitrogens with one attached hydrogen (secondary N) is 1. The Morgan fingerprint density at radius 3 is 2.39 bits per heavy atom. The van der Waals surface area contributed by atoms with Crippen molar-refractivity contribution < 1.29 is 26.7 Å². The van der Waals surface area contributed by atoms with Gasteiger partial charge in [-0.2, -0.15) is 0 Å². The van der Waals surface area contributed by atoms with Gasteiger partial charge in [-0.05, 0) is 12.1 Å². The second kappa shape index (κ2) is 5.02. The summed E-state index contributed by atoms with van der Waals surface area (Å²) in [5.41, 5.74) is -0.191. The van der Waals surface area contributed by atoms with Gasteiger partial charge in [0.2, 0.25) is 10.0 Å². The third-order valence-corrected chi connectivity index (χ3v) is 5.32. The van der Waals surface area contributed by atoms with E-state index in [-0.39, 0.29) is 17.2 Å². The molecule has 0 unspecified atom stereocenters. The number of phenolic OH excluding ortho intramolecular Hbond substituents is 1. The lowest BCUT2D eigenvalue weighted by atomic mass is 10.3. The molecule has 1 aromatic rings. The van der Waals surface area contributed by atoms with Gasteiger partial charge in [-0.25, -0.2) is 16.8 Å². The summed E-state index contributed by atoms with van der Waals surface area (Å²) in [5.74, 6) is -0.265. The van der Waals surface area contributed by atoms with Crippen molar-refractivity contribution in [3.05, 3.63) is 18.2 Å². The minimum Gasteiger partial charge on any atom is -0.506 e. The first kappa shape index (κ1) is 14.6. The van der Waals surface area contributed by atoms with Crippen LogP contribution in [0.5, 0.6) is 11.5 Å². The molecule has 102 valence electrons. The van der Waals surface area contributed by atoms with Crippen LogP contribution in [0.3, 0.4) is 0 Å². The zero-order valence-electron chi connectivity index (χ0n) is 9.74. The van der Waals surface area contributed by atoms with Crippen LogP contribution in [0.15, 0.2) is 18.2 Å². The first-order valence-electron chi connectivity index (χ1n) is 4.69. The van der Waals surface area contributed by atoms with Gasteiger partial charge in [0.05, 0.1) is 7.11 Å². The third kappa shape index (κ3) is 4.08. The lowest BCUT2D eigenvalue weighted by molar-refractivity contribution is 0.411. The van der Waals surface area contributed by atoms with Crippen LogP contribution in [-0.2, 0) is 19.9 Å². The van der Waals surface area contributed by atoms with E-state index in [1.54, 1.807) is 0 Å². The number of phenols is 1. The molecule has 18 heavy (non-hydrogen) atoms. The molecule has 7 nitrogen and oxygen atoms in total. The van der Waals surface area contributed by atoms with E-state index in [0.717, 1.165) is 6.26 Å². The van der Waals surface area contributed by atoms with Gasteiger partial charge < -0.3 is 9.84 Å². The lowest BCUT2D eigenvalue weighted by Crippen LogP contribution is -2.22. The van der Waals surface area contributed by atoms with Crippen LogP contribution in [0.2, 0.25) is 0 Å². The molecule has 0 bridgehead atoms. The summed E-state index contributed by atoms with van der Waals surface area (Å²) < 4.78 is 51.9. The number of hydrogen-bond donors (Lipinski definition) is 2. The molecular formula is C9H13NO6S2. The van der Waals surface area contributed by atoms with E-state index < -0.39 is 24.9 Å². The van der Waals surface area contributed by atoms with E-state index in [9.17, 15) is 21.9 Å². The zero-order chi connectivity index (χ0) is 14.0. The summed E-state index contributed by atoms with van der Waals surface area (Å²) in [4.78, 5) is 0. The standard InChI is InChI=1S/C9H13NO6S2/c1-16-8-5-3-4-7(11)9(8)10-18(14,15)6-17(2,12)13/h3-5,10-11H,6H2,1-2H3. The van der Waals surface area contributed by atoms with Crippen molar-refractivity contribution in [1.29, 1.82) is 0 Å². The van der Waals surface area contributed by atoms with Crippen LogP contribution in [0, 0.1) is 0 Å². The van der Waals surface area contributed by atoms with Gasteiger partial charge in [0.25, 0.3) is 0 Å². The van der Waals surface area contributed by atoms with Gasteiger partial charge >= 0.3 is 0 Å². The Hall–Kier alpha value is -1.48. The van der Waals surface area contributed by atoms with Crippen LogP contribution in [0.1, 0.15) is 0 Å². The Balaban J connectivity index is 3.12. The fraction of sp³-hybridized carbons (Fsp3) is 0.333. The van der Waals surface area contributed by atoms with Gasteiger partial charge in [0.15, 0.2) is 14.9 Å². The SMILES string of the molecule is COc1cccc(O)c1NS(=O)(=O)CS(C)(=O)=O. The van der Waals surface area contributed by atoms with E-state index >= 15 is 0 Å². The quantitative estimate of drug-likeness (QED) is 0.748. The van der Waals surface area contributed by atoms with Gasteiger partial charge in [0, 0.05) is 6.26 Å². The Labute approximate surface area is 105 Å². The first-order valence-corrected chi connectivity index (χ1v) is 8.40. The Morgan fingerprint density at radius 1 is 1.28 bits per heavy atom. The van der Waals surface area contributed by atoms with Crippen molar-refractivity contribution in [3.63, 3.8) is 0 Å². The van der Waals surface area contributed by atoms with Crippen molar-refractivity contribution in [1.82, 2.24) is 0 Å². The molecule has 0 amide bonds. The van der Waals surface area contributed by atoms with Crippen LogP contribution < -0.4 is 9.46 Å². The molecule has 0 atom stereocenters. The Morgan fingerprint density at radius 2 is 1.89 bits per heavy atom. The third-order valence-electron chi connectivity index (χ3n) is 1.85. The first-order chi connectivity index (χ1) is 8.14. The molecule has 1 rings (SSSR count). The largest absolute Gasteiger partial charge is 0.506 e. The van der Waals surface area contributed by atoms with Crippen LogP contribution in [-0.4, -0.2) is 40.4 Å². The summed E-state index contributed by atoms with van der Waals surface area (Å²) >= 11 is 0. The summed E-state index contributed by atoms with van der Waals surface area (Å²) in [5, 5.41) is 8.46. The summed E-state index contributed by atoms with van der Waals surface area (Å²) in [6, 6.07) is 4.14. The molecule has 0 aromatic heterocycles. The minimum absolute atomic E-state index is 0.0899. The molecular weight excluding hydrogens is 282 g/mol. The summed E-state index contributed by atoms with van der Waals surface area (Å²) in [6.07, 6.45) is 0.800. The second-order valence-corrected chi connectivity index (χ2v) is 7.84. The predicted molar refractivity (Wildman–Crippen MR) is 66.9 cm³/mol. The van der Waals surface area contributed by atoms with Crippen molar-refractivity contribution in [2.75, 3.05) is 23.2 Å². The van der Waals surface area contributed by atoms with Crippen molar-refractivity contribution >= 4 is 25.5 Å². The van der Waals surface area contributed by atoms with Crippen LogP contribution in [0.4, 0.5) is 5.69 Å². The van der Waals surface area contributed by atoms with E-state index in [1.807, 2.05) is 4.72 Å². The second-order valence-electron chi connectivity index (χ2n) is 3.61. The number of sulfone groups is 1. The Kier molecular flexibility index (Phi) is 4.07. The molecule has 0 aliphatic rings. The molecule has 2 N–H and O–H groups in total. The number of para-hydroxylation sites is 1. The minimum atomic E-state index is -4.13. The fourth-order valence-electron chi connectivity index (χ4n) is 1.26. The van der Waals surface area contributed by atoms with Gasteiger partial charge in [0.1, 0.15) is 17.2 Å². The number of benzene rings is 1. The number of anilines is 1. The average molecular weight is 295 g/mol. The maximum atomic E-state index is 11.6. The van der Waals surface area contributed by atoms with E-state index in [0.29, 0.717) is 0 Å². The number of aromatic hydroxyl groups is 1. The molecule has 0 fully saturated rings. The maximum Gasteiger partial charge on any atom is 0.247 e. The molecule has 0 saturated carbocycles. The maximum absolute atomic E-state index is 11.6. The van der Waals surface area contributed by atoms with Crippen molar-refractivity contribution in [3.8, 4) is 11.5 Å². The molecule has 9 heteroatoms.